The monoisotopic (exact) mass is 514 g/mol. The van der Waals surface area contributed by atoms with E-state index in [1.165, 1.54) is 23.8 Å². The molecule has 0 fully saturated rings. The molecule has 0 aliphatic rings. The number of ether oxygens (including phenoxy) is 1. The van der Waals surface area contributed by atoms with Crippen LogP contribution in [0, 0.1) is 6.92 Å². The fourth-order valence-electron chi connectivity index (χ4n) is 4.08. The zero-order chi connectivity index (χ0) is 26.0. The summed E-state index contributed by atoms with van der Waals surface area (Å²) in [4.78, 5) is 26.2. The van der Waals surface area contributed by atoms with Crippen LogP contribution in [0.25, 0.3) is 10.9 Å². The maximum atomic E-state index is 13.4. The molecule has 3 aromatic carbocycles. The fraction of sp³-hybridized carbons (Fsp3) is 0.185. The number of hydrogen-bond donors (Lipinski definition) is 1. The Labute approximate surface area is 210 Å². The van der Waals surface area contributed by atoms with Gasteiger partial charge < -0.3 is 10.1 Å². The van der Waals surface area contributed by atoms with E-state index in [2.05, 4.69) is 5.32 Å². The van der Waals surface area contributed by atoms with Gasteiger partial charge in [0, 0.05) is 28.2 Å². The average Bonchev–Trinajstić information content (AvgIpc) is 3.12. The van der Waals surface area contributed by atoms with Gasteiger partial charge in [0.1, 0.15) is 5.75 Å². The van der Waals surface area contributed by atoms with Crippen LogP contribution in [0.5, 0.6) is 5.75 Å². The summed E-state index contributed by atoms with van der Waals surface area (Å²) in [5, 5.41) is 3.85. The minimum Gasteiger partial charge on any atom is -0.497 e. The third-order valence-corrected chi connectivity index (χ3v) is 6.17. The lowest BCUT2D eigenvalue weighted by atomic mass is 10.1. The van der Waals surface area contributed by atoms with Crippen LogP contribution in [-0.4, -0.2) is 23.5 Å². The normalized spacial score (nSPS) is 11.5. The summed E-state index contributed by atoms with van der Waals surface area (Å²) >= 11 is 5.96. The standard InChI is InChI=1S/C27H22ClF3N2O3/c1-16-22(14-25(34)32-15-17-4-3-5-19(12-17)27(29,30)31)23-13-21(36-2)10-11-24(23)33(16)26(35)18-6-8-20(28)9-7-18/h3-13H,14-15H2,1-2H3,(H,32,34). The lowest BCUT2D eigenvalue weighted by Gasteiger charge is -2.10. The number of halogens is 4. The van der Waals surface area contributed by atoms with Gasteiger partial charge >= 0.3 is 6.18 Å². The van der Waals surface area contributed by atoms with Crippen molar-refractivity contribution in [2.45, 2.75) is 26.1 Å². The summed E-state index contributed by atoms with van der Waals surface area (Å²) < 4.78 is 45.8. The van der Waals surface area contributed by atoms with Crippen molar-refractivity contribution in [3.8, 4) is 5.75 Å². The molecule has 0 aliphatic heterocycles. The van der Waals surface area contributed by atoms with Crippen molar-refractivity contribution in [1.82, 2.24) is 9.88 Å². The first-order valence-corrected chi connectivity index (χ1v) is 11.4. The van der Waals surface area contributed by atoms with Crippen molar-refractivity contribution in [1.29, 1.82) is 0 Å². The lowest BCUT2D eigenvalue weighted by molar-refractivity contribution is -0.137. The molecule has 0 saturated carbocycles. The topological polar surface area (TPSA) is 60.3 Å². The van der Waals surface area contributed by atoms with Crippen molar-refractivity contribution in [2.75, 3.05) is 7.11 Å². The summed E-state index contributed by atoms with van der Waals surface area (Å²) in [5.41, 5.74) is 1.78. The van der Waals surface area contributed by atoms with Gasteiger partial charge in [0.05, 0.1) is 24.6 Å². The highest BCUT2D eigenvalue weighted by molar-refractivity contribution is 6.30. The molecule has 0 spiro atoms. The number of nitrogens with zero attached hydrogens (tertiary/aromatic N) is 1. The number of fused-ring (bicyclic) bond motifs is 1. The van der Waals surface area contributed by atoms with Gasteiger partial charge in [-0.15, -0.1) is 0 Å². The summed E-state index contributed by atoms with van der Waals surface area (Å²) in [5.74, 6) is -0.115. The highest BCUT2D eigenvalue weighted by atomic mass is 35.5. The number of rotatable bonds is 6. The summed E-state index contributed by atoms with van der Waals surface area (Å²) in [7, 11) is 1.52. The Morgan fingerprint density at radius 2 is 1.75 bits per heavy atom. The molecular weight excluding hydrogens is 493 g/mol. The SMILES string of the molecule is COc1ccc2c(c1)c(CC(=O)NCc1cccc(C(F)(F)F)c1)c(C)n2C(=O)c1ccc(Cl)cc1. The van der Waals surface area contributed by atoms with Gasteiger partial charge in [0.15, 0.2) is 0 Å². The molecule has 1 amide bonds. The van der Waals surface area contributed by atoms with Crippen molar-refractivity contribution < 1.29 is 27.5 Å². The second-order valence-electron chi connectivity index (χ2n) is 8.25. The van der Waals surface area contributed by atoms with Crippen LogP contribution in [0.3, 0.4) is 0 Å². The Bertz CT molecular complexity index is 1440. The fourth-order valence-corrected chi connectivity index (χ4v) is 4.20. The van der Waals surface area contributed by atoms with Crippen molar-refractivity contribution >= 4 is 34.3 Å². The van der Waals surface area contributed by atoms with Gasteiger partial charge in [-0.2, -0.15) is 13.2 Å². The minimum atomic E-state index is -4.46. The molecule has 0 bridgehead atoms. The molecule has 5 nitrogen and oxygen atoms in total. The van der Waals surface area contributed by atoms with Crippen LogP contribution in [0.1, 0.15) is 32.7 Å². The Kier molecular flexibility index (Phi) is 7.08. The number of hydrogen-bond acceptors (Lipinski definition) is 3. The summed E-state index contributed by atoms with van der Waals surface area (Å²) in [6, 6.07) is 16.5. The number of aromatic nitrogens is 1. The number of benzene rings is 3. The molecule has 4 aromatic rings. The van der Waals surface area contributed by atoms with E-state index in [1.54, 1.807) is 49.4 Å². The Morgan fingerprint density at radius 3 is 2.42 bits per heavy atom. The molecule has 186 valence electrons. The van der Waals surface area contributed by atoms with Crippen LogP contribution in [0.4, 0.5) is 13.2 Å². The van der Waals surface area contributed by atoms with Crippen LogP contribution in [0.2, 0.25) is 5.02 Å². The third kappa shape index (κ3) is 5.23. The summed E-state index contributed by atoms with van der Waals surface area (Å²) in [6.45, 7) is 1.68. The van der Waals surface area contributed by atoms with Crippen molar-refractivity contribution in [3.63, 3.8) is 0 Å². The second-order valence-corrected chi connectivity index (χ2v) is 8.68. The van der Waals surface area contributed by atoms with Gasteiger partial charge in [0.2, 0.25) is 5.91 Å². The minimum absolute atomic E-state index is 0.0620. The van der Waals surface area contributed by atoms with Crippen molar-refractivity contribution in [3.05, 3.63) is 99.7 Å². The molecule has 0 unspecified atom stereocenters. The van der Waals surface area contributed by atoms with Crippen LogP contribution in [-0.2, 0) is 23.9 Å². The van der Waals surface area contributed by atoms with E-state index in [4.69, 9.17) is 16.3 Å². The lowest BCUT2D eigenvalue weighted by Crippen LogP contribution is -2.25. The van der Waals surface area contributed by atoms with Crippen molar-refractivity contribution in [2.24, 2.45) is 0 Å². The van der Waals surface area contributed by atoms with E-state index >= 15 is 0 Å². The van der Waals surface area contributed by atoms with Crippen LogP contribution in [0.15, 0.2) is 66.7 Å². The predicted molar refractivity (Wildman–Crippen MR) is 131 cm³/mol. The quantitative estimate of drug-likeness (QED) is 0.334. The summed E-state index contributed by atoms with van der Waals surface area (Å²) in [6.07, 6.45) is -4.54. The zero-order valence-electron chi connectivity index (χ0n) is 19.4. The van der Waals surface area contributed by atoms with E-state index in [-0.39, 0.29) is 18.9 Å². The molecule has 0 saturated heterocycles. The molecule has 1 N–H and O–H groups in total. The number of methoxy groups -OCH3 is 1. The maximum Gasteiger partial charge on any atom is 0.416 e. The van der Waals surface area contributed by atoms with E-state index < -0.39 is 17.6 Å². The Balaban J connectivity index is 1.63. The van der Waals surface area contributed by atoms with Gasteiger partial charge in [-0.25, -0.2) is 0 Å². The van der Waals surface area contributed by atoms with Crippen LogP contribution >= 0.6 is 11.6 Å². The molecule has 0 aliphatic carbocycles. The van der Waals surface area contributed by atoms with Gasteiger partial charge in [0.25, 0.3) is 5.91 Å². The van der Waals surface area contributed by atoms with E-state index in [1.807, 2.05) is 0 Å². The molecule has 4 rings (SSSR count). The van der Waals surface area contributed by atoms with E-state index in [0.29, 0.717) is 44.1 Å². The van der Waals surface area contributed by atoms with E-state index in [9.17, 15) is 22.8 Å². The molecule has 0 atom stereocenters. The molecule has 1 heterocycles. The first kappa shape index (κ1) is 25.3. The number of alkyl halides is 3. The van der Waals surface area contributed by atoms with Gasteiger partial charge in [-0.05, 0) is 72.6 Å². The number of amides is 1. The molecule has 0 radical (unpaired) electrons. The average molecular weight is 515 g/mol. The molecule has 1 aromatic heterocycles. The van der Waals surface area contributed by atoms with E-state index in [0.717, 1.165) is 12.1 Å². The smallest absolute Gasteiger partial charge is 0.416 e. The zero-order valence-corrected chi connectivity index (χ0v) is 20.2. The van der Waals surface area contributed by atoms with Crippen LogP contribution < -0.4 is 10.1 Å². The number of carbonyl (C=O) groups excluding carboxylic acids is 2. The molecule has 36 heavy (non-hydrogen) atoms. The highest BCUT2D eigenvalue weighted by Crippen LogP contribution is 2.31. The second kappa shape index (κ2) is 10.1. The Morgan fingerprint density at radius 1 is 1.03 bits per heavy atom. The first-order chi connectivity index (χ1) is 17.1. The Hall–Kier alpha value is -3.78. The number of carbonyl (C=O) groups is 2. The van der Waals surface area contributed by atoms with Gasteiger partial charge in [-0.1, -0.05) is 23.7 Å². The highest BCUT2D eigenvalue weighted by Gasteiger charge is 2.30. The molecular formula is C27H22ClF3N2O3. The third-order valence-electron chi connectivity index (χ3n) is 5.92. The molecule has 9 heteroatoms. The maximum absolute atomic E-state index is 13.4. The van der Waals surface area contributed by atoms with Gasteiger partial charge in [-0.3, -0.25) is 14.2 Å². The first-order valence-electron chi connectivity index (χ1n) is 11.0. The largest absolute Gasteiger partial charge is 0.497 e. The predicted octanol–water partition coefficient (Wildman–Crippen LogP) is 6.18. The number of nitrogens with one attached hydrogen (secondary N) is 1.